The summed E-state index contributed by atoms with van der Waals surface area (Å²) in [5.74, 6) is -0.300. The summed E-state index contributed by atoms with van der Waals surface area (Å²) < 4.78 is 19.2. The van der Waals surface area contributed by atoms with Crippen molar-refractivity contribution in [1.29, 1.82) is 0 Å². The third kappa shape index (κ3) is 3.31. The van der Waals surface area contributed by atoms with Crippen LogP contribution in [0, 0.1) is 5.82 Å². The Kier molecular flexibility index (Phi) is 4.90. The van der Waals surface area contributed by atoms with Crippen LogP contribution in [-0.4, -0.2) is 32.1 Å². The second-order valence-electron chi connectivity index (χ2n) is 5.67. The number of halogens is 2. The zero-order valence-electron chi connectivity index (χ0n) is 13.3. The molecule has 0 aromatic heterocycles. The molecule has 0 unspecified atom stereocenters. The number of ether oxygens (including phenoxy) is 1. The minimum atomic E-state index is -0.611. The van der Waals surface area contributed by atoms with E-state index in [0.717, 1.165) is 24.4 Å². The van der Waals surface area contributed by atoms with Crippen LogP contribution in [0.3, 0.4) is 0 Å². The molecule has 1 amide bonds. The van der Waals surface area contributed by atoms with E-state index in [9.17, 15) is 9.18 Å². The van der Waals surface area contributed by atoms with Crippen molar-refractivity contribution in [2.45, 2.75) is 12.5 Å². The summed E-state index contributed by atoms with van der Waals surface area (Å²) in [6.07, 6.45) is 0.774. The van der Waals surface area contributed by atoms with Gasteiger partial charge in [0.2, 0.25) is 0 Å². The van der Waals surface area contributed by atoms with Gasteiger partial charge < -0.3 is 15.0 Å². The van der Waals surface area contributed by atoms with E-state index in [1.165, 1.54) is 18.2 Å². The Hall–Kier alpha value is -2.27. The minimum absolute atomic E-state index is 0.0712. The smallest absolute Gasteiger partial charge is 0.256 e. The molecule has 1 saturated heterocycles. The topological polar surface area (TPSA) is 41.6 Å². The summed E-state index contributed by atoms with van der Waals surface area (Å²) in [6.45, 7) is 1.43. The van der Waals surface area contributed by atoms with Crippen LogP contribution in [0.15, 0.2) is 42.5 Å². The number of hydrogen-bond acceptors (Lipinski definition) is 3. The lowest BCUT2D eigenvalue weighted by Crippen LogP contribution is -2.37. The van der Waals surface area contributed by atoms with Crippen molar-refractivity contribution in [3.05, 3.63) is 58.9 Å². The van der Waals surface area contributed by atoms with Crippen molar-refractivity contribution >= 4 is 23.2 Å². The van der Waals surface area contributed by atoms with Crippen LogP contribution in [0.25, 0.3) is 0 Å². The maximum absolute atomic E-state index is 13.8. The van der Waals surface area contributed by atoms with Gasteiger partial charge in [0.05, 0.1) is 23.4 Å². The molecule has 1 heterocycles. The number of nitrogens with zero attached hydrogens (tertiary/aromatic N) is 1. The quantitative estimate of drug-likeness (QED) is 0.919. The number of nitrogens with one attached hydrogen (secondary N) is 1. The first-order valence-electron chi connectivity index (χ1n) is 7.73. The largest absolute Gasteiger partial charge is 0.495 e. The number of amides is 1. The van der Waals surface area contributed by atoms with Crippen molar-refractivity contribution in [3.8, 4) is 5.75 Å². The Labute approximate surface area is 145 Å². The highest BCUT2D eigenvalue weighted by molar-refractivity contribution is 6.33. The van der Waals surface area contributed by atoms with Crippen LogP contribution >= 0.6 is 11.6 Å². The van der Waals surface area contributed by atoms with Gasteiger partial charge in [-0.1, -0.05) is 29.8 Å². The zero-order valence-corrected chi connectivity index (χ0v) is 14.0. The second kappa shape index (κ2) is 7.09. The SMILES string of the molecule is COc1ccccc1N1CC[C@H](NC(=O)c2c(F)cccc2Cl)C1. The van der Waals surface area contributed by atoms with E-state index in [2.05, 4.69) is 10.2 Å². The Morgan fingerprint density at radius 2 is 2.08 bits per heavy atom. The summed E-state index contributed by atoms with van der Waals surface area (Å²) in [6, 6.07) is 11.9. The Morgan fingerprint density at radius 3 is 2.83 bits per heavy atom. The number of benzene rings is 2. The number of carbonyl (C=O) groups is 1. The molecule has 3 rings (SSSR count). The Morgan fingerprint density at radius 1 is 1.29 bits per heavy atom. The molecule has 2 aromatic rings. The van der Waals surface area contributed by atoms with E-state index in [1.54, 1.807) is 7.11 Å². The van der Waals surface area contributed by atoms with Crippen LogP contribution in [0.2, 0.25) is 5.02 Å². The third-order valence-electron chi connectivity index (χ3n) is 4.14. The van der Waals surface area contributed by atoms with Crippen LogP contribution in [0.4, 0.5) is 10.1 Å². The zero-order chi connectivity index (χ0) is 17.1. The first kappa shape index (κ1) is 16.6. The van der Waals surface area contributed by atoms with Gasteiger partial charge >= 0.3 is 0 Å². The highest BCUT2D eigenvalue weighted by Crippen LogP contribution is 2.30. The molecule has 4 nitrogen and oxygen atoms in total. The van der Waals surface area contributed by atoms with Gasteiger partial charge in [0.15, 0.2) is 0 Å². The van der Waals surface area contributed by atoms with Gasteiger partial charge in [-0.25, -0.2) is 4.39 Å². The van der Waals surface area contributed by atoms with Crippen molar-refractivity contribution < 1.29 is 13.9 Å². The molecule has 1 fully saturated rings. The molecule has 0 radical (unpaired) electrons. The standard InChI is InChI=1S/C18H18ClFN2O2/c1-24-16-8-3-2-7-15(16)22-10-9-12(11-22)21-18(23)17-13(19)5-4-6-14(17)20/h2-8,12H,9-11H2,1H3,(H,21,23)/t12-/m0/s1. The predicted molar refractivity (Wildman–Crippen MR) is 92.5 cm³/mol. The molecule has 2 aromatic carbocycles. The molecule has 1 atom stereocenters. The average Bonchev–Trinajstić information content (AvgIpc) is 3.03. The molecule has 0 saturated carbocycles. The van der Waals surface area contributed by atoms with E-state index in [0.29, 0.717) is 6.54 Å². The van der Waals surface area contributed by atoms with Crippen molar-refractivity contribution in [2.75, 3.05) is 25.1 Å². The van der Waals surface area contributed by atoms with Crippen molar-refractivity contribution in [2.24, 2.45) is 0 Å². The maximum Gasteiger partial charge on any atom is 0.256 e. The number of para-hydroxylation sites is 2. The lowest BCUT2D eigenvalue weighted by Gasteiger charge is -2.21. The maximum atomic E-state index is 13.8. The van der Waals surface area contributed by atoms with Gasteiger partial charge in [-0.2, -0.15) is 0 Å². The van der Waals surface area contributed by atoms with E-state index in [1.807, 2.05) is 24.3 Å². The summed E-state index contributed by atoms with van der Waals surface area (Å²) in [5.41, 5.74) is 0.885. The van der Waals surface area contributed by atoms with Crippen LogP contribution in [0.1, 0.15) is 16.8 Å². The first-order chi connectivity index (χ1) is 11.6. The molecular formula is C18H18ClFN2O2. The fraction of sp³-hybridized carbons (Fsp3) is 0.278. The third-order valence-corrected chi connectivity index (χ3v) is 4.45. The summed E-state index contributed by atoms with van der Waals surface area (Å²) >= 11 is 5.95. The molecule has 1 aliphatic heterocycles. The minimum Gasteiger partial charge on any atom is -0.495 e. The summed E-state index contributed by atoms with van der Waals surface area (Å²) in [7, 11) is 1.63. The fourth-order valence-electron chi connectivity index (χ4n) is 2.96. The number of carbonyl (C=O) groups excluding carboxylic acids is 1. The van der Waals surface area contributed by atoms with Crippen molar-refractivity contribution in [3.63, 3.8) is 0 Å². The van der Waals surface area contributed by atoms with Crippen LogP contribution in [0.5, 0.6) is 5.75 Å². The average molecular weight is 349 g/mol. The van der Waals surface area contributed by atoms with Gasteiger partial charge in [-0.15, -0.1) is 0 Å². The van der Waals surface area contributed by atoms with E-state index < -0.39 is 11.7 Å². The Bertz CT molecular complexity index is 733. The van der Waals surface area contributed by atoms with E-state index in [-0.39, 0.29) is 16.6 Å². The lowest BCUT2D eigenvalue weighted by molar-refractivity contribution is 0.0936. The number of methoxy groups -OCH3 is 1. The molecule has 126 valence electrons. The summed E-state index contributed by atoms with van der Waals surface area (Å²) in [5, 5.41) is 2.99. The monoisotopic (exact) mass is 348 g/mol. The number of rotatable bonds is 4. The first-order valence-corrected chi connectivity index (χ1v) is 8.11. The lowest BCUT2D eigenvalue weighted by atomic mass is 10.1. The highest BCUT2D eigenvalue weighted by Gasteiger charge is 2.27. The van der Waals surface area contributed by atoms with Crippen molar-refractivity contribution in [1.82, 2.24) is 5.32 Å². The van der Waals surface area contributed by atoms with E-state index >= 15 is 0 Å². The molecule has 1 N–H and O–H groups in total. The van der Waals surface area contributed by atoms with Gasteiger partial charge in [0.1, 0.15) is 11.6 Å². The number of anilines is 1. The molecular weight excluding hydrogens is 331 g/mol. The van der Waals surface area contributed by atoms with Gasteiger partial charge in [-0.3, -0.25) is 4.79 Å². The molecule has 24 heavy (non-hydrogen) atoms. The predicted octanol–water partition coefficient (Wildman–Crippen LogP) is 3.50. The van der Waals surface area contributed by atoms with Gasteiger partial charge in [-0.05, 0) is 30.7 Å². The molecule has 0 spiro atoms. The van der Waals surface area contributed by atoms with Gasteiger partial charge in [0, 0.05) is 19.1 Å². The van der Waals surface area contributed by atoms with Crippen LogP contribution < -0.4 is 15.0 Å². The molecule has 1 aliphatic rings. The second-order valence-corrected chi connectivity index (χ2v) is 6.08. The highest BCUT2D eigenvalue weighted by atomic mass is 35.5. The fourth-order valence-corrected chi connectivity index (χ4v) is 3.21. The van der Waals surface area contributed by atoms with Gasteiger partial charge in [0.25, 0.3) is 5.91 Å². The van der Waals surface area contributed by atoms with Crippen LogP contribution in [-0.2, 0) is 0 Å². The Balaban J connectivity index is 1.69. The molecule has 6 heteroatoms. The molecule has 0 aliphatic carbocycles. The number of hydrogen-bond donors (Lipinski definition) is 1. The van der Waals surface area contributed by atoms with E-state index in [4.69, 9.17) is 16.3 Å². The summed E-state index contributed by atoms with van der Waals surface area (Å²) in [4.78, 5) is 14.5. The normalized spacial score (nSPS) is 17.0. The molecule has 0 bridgehead atoms.